The third kappa shape index (κ3) is 4.84. The highest BCUT2D eigenvalue weighted by molar-refractivity contribution is 6.27. The van der Waals surface area contributed by atoms with Gasteiger partial charge in [-0.15, -0.1) is 0 Å². The fourth-order valence-electron chi connectivity index (χ4n) is 8.97. The highest BCUT2D eigenvalue weighted by Crippen LogP contribution is 2.46. The second-order valence-electron chi connectivity index (χ2n) is 14.7. The number of aromatic nitrogens is 3. The van der Waals surface area contributed by atoms with Crippen molar-refractivity contribution in [3.63, 3.8) is 0 Å². The molecule has 0 aliphatic carbocycles. The number of rotatable bonds is 5. The Balaban J connectivity index is 1.17. The van der Waals surface area contributed by atoms with Crippen LogP contribution in [0.1, 0.15) is 0 Å². The molecule has 12 rings (SSSR count). The van der Waals surface area contributed by atoms with Gasteiger partial charge in [-0.3, -0.25) is 4.57 Å². The van der Waals surface area contributed by atoms with Crippen LogP contribution in [-0.4, -0.2) is 14.1 Å². The molecule has 0 N–H and O–H groups in total. The molecule has 0 fully saturated rings. The number of furan rings is 1. The van der Waals surface area contributed by atoms with Crippen LogP contribution < -0.4 is 0 Å². The maximum absolute atomic E-state index is 6.81. The van der Waals surface area contributed by atoms with Crippen molar-refractivity contribution >= 4 is 65.6 Å². The average molecular weight is 728 g/mol. The molecular weight excluding hydrogens is 695 g/mol. The van der Waals surface area contributed by atoms with Gasteiger partial charge in [-0.05, 0) is 71.3 Å². The zero-order valence-electron chi connectivity index (χ0n) is 30.8. The van der Waals surface area contributed by atoms with Gasteiger partial charge in [-0.25, -0.2) is 4.98 Å². The molecule has 0 radical (unpaired) electrons. The zero-order valence-corrected chi connectivity index (χ0v) is 30.8. The van der Waals surface area contributed by atoms with Crippen LogP contribution in [0, 0.1) is 0 Å². The van der Waals surface area contributed by atoms with Gasteiger partial charge in [-0.2, -0.15) is 0 Å². The minimum atomic E-state index is 0.847. The van der Waals surface area contributed by atoms with E-state index >= 15 is 0 Å². The summed E-state index contributed by atoms with van der Waals surface area (Å²) in [6.45, 7) is 0. The smallest absolute Gasteiger partial charge is 0.145 e. The van der Waals surface area contributed by atoms with Crippen molar-refractivity contribution in [2.24, 2.45) is 0 Å². The van der Waals surface area contributed by atoms with E-state index in [1.807, 2.05) is 6.07 Å². The molecule has 4 heteroatoms. The fraction of sp³-hybridized carbons (Fsp3) is 0. The number of benzene rings is 8. The summed E-state index contributed by atoms with van der Waals surface area (Å²) < 4.78 is 11.5. The highest BCUT2D eigenvalue weighted by atomic mass is 16.3. The van der Waals surface area contributed by atoms with Crippen molar-refractivity contribution < 1.29 is 4.42 Å². The molecule has 4 heterocycles. The monoisotopic (exact) mass is 727 g/mol. The summed E-state index contributed by atoms with van der Waals surface area (Å²) in [6.07, 6.45) is 0. The lowest BCUT2D eigenvalue weighted by atomic mass is 9.98. The van der Waals surface area contributed by atoms with Crippen LogP contribution in [0.25, 0.3) is 111 Å². The Morgan fingerprint density at radius 2 is 0.947 bits per heavy atom. The van der Waals surface area contributed by atoms with Gasteiger partial charge in [0.25, 0.3) is 0 Å². The first-order valence-electron chi connectivity index (χ1n) is 19.4. The van der Waals surface area contributed by atoms with Crippen molar-refractivity contribution in [3.05, 3.63) is 200 Å². The minimum absolute atomic E-state index is 0.847. The van der Waals surface area contributed by atoms with Crippen molar-refractivity contribution in [3.8, 4) is 45.0 Å². The molecule has 0 unspecified atom stereocenters. The predicted molar refractivity (Wildman–Crippen MR) is 237 cm³/mol. The van der Waals surface area contributed by atoms with Crippen LogP contribution >= 0.6 is 0 Å². The SMILES string of the molecule is c1ccc(-c2cc(-c3ccccc3)nc(-n3c4ccccc4c4c5oc6ccccc6c5cc(-c5ccc(-n6c7ccccc7c7ccccc76)cc5)c43)c2)cc1. The first-order valence-corrected chi connectivity index (χ1v) is 19.4. The van der Waals surface area contributed by atoms with Gasteiger partial charge in [0, 0.05) is 43.7 Å². The molecule has 4 aromatic heterocycles. The van der Waals surface area contributed by atoms with E-state index in [2.05, 4.69) is 203 Å². The number of nitrogens with zero attached hydrogens (tertiary/aromatic N) is 3. The maximum atomic E-state index is 6.81. The summed E-state index contributed by atoms with van der Waals surface area (Å²) in [5.41, 5.74) is 13.8. The average Bonchev–Trinajstić information content (AvgIpc) is 3.95. The standard InChI is InChI=1S/C53H33N3O/c1-3-15-34(16-4-1)37-31-45(36-17-5-2-6-18-36)54-50(32-37)56-48-25-13-9-22-42(48)51-52(56)43(33-44-41-21-10-14-26-49(41)57-53(44)51)35-27-29-38(30-28-35)55-46-23-11-7-19-39(46)40-20-8-12-24-47(40)55/h1-33H. The summed E-state index contributed by atoms with van der Waals surface area (Å²) in [6, 6.07) is 71.2. The Bertz CT molecular complexity index is 3390. The molecule has 0 spiro atoms. The van der Waals surface area contributed by atoms with Crippen molar-refractivity contribution in [1.82, 2.24) is 14.1 Å². The lowest BCUT2D eigenvalue weighted by Gasteiger charge is -2.15. The minimum Gasteiger partial charge on any atom is -0.455 e. The summed E-state index contributed by atoms with van der Waals surface area (Å²) in [5, 5.41) is 6.90. The van der Waals surface area contributed by atoms with E-state index in [-0.39, 0.29) is 0 Å². The van der Waals surface area contributed by atoms with Crippen LogP contribution in [0.5, 0.6) is 0 Å². The summed E-state index contributed by atoms with van der Waals surface area (Å²) in [7, 11) is 0. The Hall–Kier alpha value is -7.69. The van der Waals surface area contributed by atoms with E-state index in [9.17, 15) is 0 Å². The van der Waals surface area contributed by atoms with Gasteiger partial charge >= 0.3 is 0 Å². The zero-order chi connectivity index (χ0) is 37.5. The maximum Gasteiger partial charge on any atom is 0.145 e. The summed E-state index contributed by atoms with van der Waals surface area (Å²) in [5.74, 6) is 0.847. The van der Waals surface area contributed by atoms with Gasteiger partial charge < -0.3 is 8.98 Å². The Kier molecular flexibility index (Phi) is 6.89. The molecule has 12 aromatic rings. The van der Waals surface area contributed by atoms with Gasteiger partial charge in [0.05, 0.1) is 33.1 Å². The Morgan fingerprint density at radius 3 is 1.63 bits per heavy atom. The molecule has 0 aliphatic heterocycles. The predicted octanol–water partition coefficient (Wildman–Crippen LogP) is 14.2. The largest absolute Gasteiger partial charge is 0.455 e. The van der Waals surface area contributed by atoms with Gasteiger partial charge in [0.1, 0.15) is 17.0 Å². The number of pyridine rings is 1. The van der Waals surface area contributed by atoms with Crippen molar-refractivity contribution in [2.45, 2.75) is 0 Å². The molecule has 8 aromatic carbocycles. The van der Waals surface area contributed by atoms with Gasteiger partial charge in [-0.1, -0.05) is 146 Å². The third-order valence-electron chi connectivity index (χ3n) is 11.5. The first-order chi connectivity index (χ1) is 28.3. The molecule has 0 amide bonds. The van der Waals surface area contributed by atoms with E-state index in [0.717, 1.165) is 88.8 Å². The van der Waals surface area contributed by atoms with Crippen LogP contribution in [-0.2, 0) is 0 Å². The number of hydrogen-bond donors (Lipinski definition) is 0. The normalized spacial score (nSPS) is 11.9. The van der Waals surface area contributed by atoms with Crippen LogP contribution in [0.2, 0.25) is 0 Å². The molecular formula is C53H33N3O. The molecule has 0 saturated heterocycles. The van der Waals surface area contributed by atoms with Gasteiger partial charge in [0.15, 0.2) is 0 Å². The second kappa shape index (κ2) is 12.4. The number of hydrogen-bond acceptors (Lipinski definition) is 2. The molecule has 4 nitrogen and oxygen atoms in total. The van der Waals surface area contributed by atoms with E-state index in [1.165, 1.54) is 21.8 Å². The molecule has 57 heavy (non-hydrogen) atoms. The van der Waals surface area contributed by atoms with E-state index < -0.39 is 0 Å². The van der Waals surface area contributed by atoms with E-state index in [4.69, 9.17) is 9.40 Å². The van der Waals surface area contributed by atoms with Crippen molar-refractivity contribution in [2.75, 3.05) is 0 Å². The molecule has 0 saturated carbocycles. The first kappa shape index (κ1) is 31.6. The number of para-hydroxylation sites is 4. The lowest BCUT2D eigenvalue weighted by Crippen LogP contribution is -2.01. The highest BCUT2D eigenvalue weighted by Gasteiger charge is 2.24. The number of fused-ring (bicyclic) bond motifs is 10. The van der Waals surface area contributed by atoms with Crippen molar-refractivity contribution in [1.29, 1.82) is 0 Å². The lowest BCUT2D eigenvalue weighted by molar-refractivity contribution is 0.673. The molecule has 0 aliphatic rings. The van der Waals surface area contributed by atoms with E-state index in [0.29, 0.717) is 0 Å². The fourth-order valence-corrected chi connectivity index (χ4v) is 8.97. The van der Waals surface area contributed by atoms with Crippen LogP contribution in [0.3, 0.4) is 0 Å². The van der Waals surface area contributed by atoms with Gasteiger partial charge in [0.2, 0.25) is 0 Å². The quantitative estimate of drug-likeness (QED) is 0.177. The van der Waals surface area contributed by atoms with Crippen LogP contribution in [0.15, 0.2) is 205 Å². The summed E-state index contributed by atoms with van der Waals surface area (Å²) >= 11 is 0. The molecule has 0 bridgehead atoms. The second-order valence-corrected chi connectivity index (χ2v) is 14.7. The van der Waals surface area contributed by atoms with E-state index in [1.54, 1.807) is 0 Å². The summed E-state index contributed by atoms with van der Waals surface area (Å²) in [4.78, 5) is 5.46. The Labute approximate surface area is 328 Å². The van der Waals surface area contributed by atoms with Crippen LogP contribution in [0.4, 0.5) is 0 Å². The molecule has 266 valence electrons. The topological polar surface area (TPSA) is 35.9 Å². The Morgan fingerprint density at radius 1 is 0.386 bits per heavy atom. The third-order valence-corrected chi connectivity index (χ3v) is 11.5. The molecule has 0 atom stereocenters.